The number of sulfonamides is 1. The molecule has 3 aromatic rings. The molecule has 0 saturated carbocycles. The molecule has 0 spiro atoms. The number of nitrogens with one attached hydrogen (secondary N) is 1. The maximum atomic E-state index is 13.4. The molecule has 0 amide bonds. The highest BCUT2D eigenvalue weighted by molar-refractivity contribution is 7.92. The summed E-state index contributed by atoms with van der Waals surface area (Å²) in [5.74, 6) is -0.760. The molecule has 0 bridgehead atoms. The van der Waals surface area contributed by atoms with Crippen LogP contribution in [-0.2, 0) is 10.0 Å². The molecule has 0 unspecified atom stereocenters. The topological polar surface area (TPSA) is 82.8 Å². The summed E-state index contributed by atoms with van der Waals surface area (Å²) < 4.78 is 41.1. The molecule has 0 saturated heterocycles. The van der Waals surface area contributed by atoms with Gasteiger partial charge in [0.25, 0.3) is 10.0 Å². The second kappa shape index (κ2) is 7.94. The van der Waals surface area contributed by atoms with E-state index < -0.39 is 15.8 Å². The normalized spacial score (nSPS) is 11.1. The van der Waals surface area contributed by atoms with Crippen molar-refractivity contribution >= 4 is 50.5 Å². The van der Waals surface area contributed by atoms with E-state index >= 15 is 0 Å². The van der Waals surface area contributed by atoms with Crippen LogP contribution in [0, 0.1) is 17.1 Å². The highest BCUT2D eigenvalue weighted by Gasteiger charge is 2.19. The lowest BCUT2D eigenvalue weighted by molar-refractivity contribution is 0.601. The van der Waals surface area contributed by atoms with E-state index in [0.717, 1.165) is 6.07 Å². The molecule has 10 heteroatoms. The lowest BCUT2D eigenvalue weighted by Gasteiger charge is -2.12. The molecule has 1 aromatic heterocycles. The molecule has 0 radical (unpaired) electrons. The van der Waals surface area contributed by atoms with Gasteiger partial charge in [-0.15, -0.1) is 0 Å². The van der Waals surface area contributed by atoms with Gasteiger partial charge in [-0.1, -0.05) is 40.9 Å². The van der Waals surface area contributed by atoms with Crippen molar-refractivity contribution in [2.75, 3.05) is 4.72 Å². The molecular weight excluding hydrogens is 448 g/mol. The standard InChI is InChI=1S/C18H9Cl3FN3O2S/c19-12-2-1-3-16(18(12)21)25-28(26,27)10-4-5-11(13(20)8-10)15-7-6-14(22)17(9-23)24-15/h1-8,25H. The number of hydrogen-bond acceptors (Lipinski definition) is 4. The zero-order valence-corrected chi connectivity index (χ0v) is 16.8. The van der Waals surface area contributed by atoms with Gasteiger partial charge in [0.05, 0.1) is 31.3 Å². The quantitative estimate of drug-likeness (QED) is 0.560. The predicted octanol–water partition coefficient (Wildman–Crippen LogP) is 5.52. The van der Waals surface area contributed by atoms with Crippen LogP contribution in [0.15, 0.2) is 53.4 Å². The molecule has 142 valence electrons. The molecule has 0 aliphatic carbocycles. The fourth-order valence-corrected chi connectivity index (χ4v) is 4.17. The van der Waals surface area contributed by atoms with Gasteiger partial charge in [-0.3, -0.25) is 4.72 Å². The molecule has 3 rings (SSSR count). The van der Waals surface area contributed by atoms with Crippen LogP contribution in [0.4, 0.5) is 10.1 Å². The molecule has 0 aliphatic heterocycles. The van der Waals surface area contributed by atoms with Crippen molar-refractivity contribution in [3.63, 3.8) is 0 Å². The van der Waals surface area contributed by atoms with Crippen LogP contribution >= 0.6 is 34.8 Å². The van der Waals surface area contributed by atoms with E-state index in [9.17, 15) is 12.8 Å². The molecule has 1 N–H and O–H groups in total. The molecule has 1 heterocycles. The largest absolute Gasteiger partial charge is 0.278 e. The zero-order valence-electron chi connectivity index (χ0n) is 13.7. The van der Waals surface area contributed by atoms with Crippen LogP contribution in [0.1, 0.15) is 5.69 Å². The van der Waals surface area contributed by atoms with Crippen molar-refractivity contribution in [2.24, 2.45) is 0 Å². The number of rotatable bonds is 4. The zero-order chi connectivity index (χ0) is 20.5. The van der Waals surface area contributed by atoms with Crippen LogP contribution in [-0.4, -0.2) is 13.4 Å². The molecule has 5 nitrogen and oxygen atoms in total. The lowest BCUT2D eigenvalue weighted by atomic mass is 10.1. The average molecular weight is 457 g/mol. The maximum absolute atomic E-state index is 13.4. The van der Waals surface area contributed by atoms with Crippen LogP contribution in [0.5, 0.6) is 0 Å². The van der Waals surface area contributed by atoms with E-state index in [4.69, 9.17) is 40.1 Å². The first-order valence-electron chi connectivity index (χ1n) is 7.56. The molecule has 28 heavy (non-hydrogen) atoms. The highest BCUT2D eigenvalue weighted by atomic mass is 35.5. The minimum atomic E-state index is -4.00. The number of benzene rings is 2. The molecular formula is C18H9Cl3FN3O2S. The Kier molecular flexibility index (Phi) is 5.77. The summed E-state index contributed by atoms with van der Waals surface area (Å²) in [7, 11) is -4.00. The number of anilines is 1. The van der Waals surface area contributed by atoms with E-state index in [1.807, 2.05) is 0 Å². The number of hydrogen-bond donors (Lipinski definition) is 1. The summed E-state index contributed by atoms with van der Waals surface area (Å²) in [6.07, 6.45) is 0. The fourth-order valence-electron chi connectivity index (χ4n) is 2.33. The Balaban J connectivity index is 1.98. The Morgan fingerprint density at radius 1 is 1.04 bits per heavy atom. The average Bonchev–Trinajstić information content (AvgIpc) is 2.66. The Morgan fingerprint density at radius 3 is 2.46 bits per heavy atom. The summed E-state index contributed by atoms with van der Waals surface area (Å²) in [5.41, 5.74) is 0.311. The highest BCUT2D eigenvalue weighted by Crippen LogP contribution is 2.33. The third kappa shape index (κ3) is 4.05. The summed E-state index contributed by atoms with van der Waals surface area (Å²) in [4.78, 5) is 3.76. The van der Waals surface area contributed by atoms with Gasteiger partial charge in [0, 0.05) is 5.56 Å². The minimum Gasteiger partial charge on any atom is -0.278 e. The van der Waals surface area contributed by atoms with Crippen LogP contribution in [0.2, 0.25) is 15.1 Å². The number of nitrogens with zero attached hydrogens (tertiary/aromatic N) is 2. The Morgan fingerprint density at radius 2 is 1.79 bits per heavy atom. The lowest BCUT2D eigenvalue weighted by Crippen LogP contribution is -2.13. The van der Waals surface area contributed by atoms with Crippen molar-refractivity contribution in [1.82, 2.24) is 4.98 Å². The van der Waals surface area contributed by atoms with Crippen molar-refractivity contribution in [3.05, 3.63) is 75.1 Å². The summed E-state index contributed by atoms with van der Waals surface area (Å²) in [5, 5.41) is 9.22. The summed E-state index contributed by atoms with van der Waals surface area (Å²) >= 11 is 18.1. The first-order valence-corrected chi connectivity index (χ1v) is 10.2. The Bertz CT molecular complexity index is 1230. The second-order valence-corrected chi connectivity index (χ2v) is 8.36. The Labute approximate surface area is 175 Å². The van der Waals surface area contributed by atoms with Gasteiger partial charge < -0.3 is 0 Å². The predicted molar refractivity (Wildman–Crippen MR) is 107 cm³/mol. The molecule has 0 fully saturated rings. The van der Waals surface area contributed by atoms with Gasteiger partial charge in [0.1, 0.15) is 6.07 Å². The van der Waals surface area contributed by atoms with Crippen LogP contribution in [0.3, 0.4) is 0 Å². The molecule has 0 aliphatic rings. The number of halogens is 4. The van der Waals surface area contributed by atoms with E-state index in [1.165, 1.54) is 36.4 Å². The van der Waals surface area contributed by atoms with Gasteiger partial charge in [-0.05, 0) is 42.5 Å². The van der Waals surface area contributed by atoms with Crippen LogP contribution in [0.25, 0.3) is 11.3 Å². The summed E-state index contributed by atoms with van der Waals surface area (Å²) in [6, 6.07) is 12.5. The van der Waals surface area contributed by atoms with Crippen molar-refractivity contribution in [1.29, 1.82) is 5.26 Å². The number of aromatic nitrogens is 1. The fraction of sp³-hybridized carbons (Fsp3) is 0. The third-order valence-electron chi connectivity index (χ3n) is 3.67. The van der Waals surface area contributed by atoms with E-state index in [0.29, 0.717) is 5.56 Å². The van der Waals surface area contributed by atoms with Gasteiger partial charge in [-0.25, -0.2) is 17.8 Å². The van der Waals surface area contributed by atoms with Gasteiger partial charge in [0.2, 0.25) is 0 Å². The third-order valence-corrected chi connectivity index (χ3v) is 6.17. The minimum absolute atomic E-state index is 0.0584. The molecule has 0 atom stereocenters. The maximum Gasteiger partial charge on any atom is 0.261 e. The van der Waals surface area contributed by atoms with Crippen LogP contribution < -0.4 is 4.72 Å². The van der Waals surface area contributed by atoms with E-state index in [1.54, 1.807) is 12.1 Å². The monoisotopic (exact) mass is 455 g/mol. The second-order valence-electron chi connectivity index (χ2n) is 5.49. The Hall–Kier alpha value is -2.37. The van der Waals surface area contributed by atoms with Crippen molar-refractivity contribution < 1.29 is 12.8 Å². The number of pyridine rings is 1. The van der Waals surface area contributed by atoms with Gasteiger partial charge >= 0.3 is 0 Å². The van der Waals surface area contributed by atoms with Crippen molar-refractivity contribution in [2.45, 2.75) is 4.90 Å². The summed E-state index contributed by atoms with van der Waals surface area (Å²) in [6.45, 7) is 0. The first kappa shape index (κ1) is 20.4. The first-order chi connectivity index (χ1) is 13.2. The van der Waals surface area contributed by atoms with E-state index in [2.05, 4.69) is 9.71 Å². The SMILES string of the molecule is N#Cc1nc(-c2ccc(S(=O)(=O)Nc3cccc(Cl)c3Cl)cc2Cl)ccc1F. The van der Waals surface area contributed by atoms with Gasteiger partial charge in [0.15, 0.2) is 11.5 Å². The smallest absolute Gasteiger partial charge is 0.261 e. The molecule has 2 aromatic carbocycles. The number of nitriles is 1. The van der Waals surface area contributed by atoms with E-state index in [-0.39, 0.29) is 37.0 Å². The van der Waals surface area contributed by atoms with Crippen molar-refractivity contribution in [3.8, 4) is 17.3 Å². The van der Waals surface area contributed by atoms with Gasteiger partial charge in [-0.2, -0.15) is 5.26 Å².